The van der Waals surface area contributed by atoms with Crippen LogP contribution in [0.1, 0.15) is 12.8 Å². The van der Waals surface area contributed by atoms with Crippen molar-refractivity contribution in [3.63, 3.8) is 0 Å². The van der Waals surface area contributed by atoms with Gasteiger partial charge in [-0.1, -0.05) is 24.3 Å². The maximum absolute atomic E-state index is 5.89. The molecule has 2 aromatic carbocycles. The minimum absolute atomic E-state index is 0.650. The molecule has 0 atom stereocenters. The van der Waals surface area contributed by atoms with Crippen LogP contribution in [0.3, 0.4) is 0 Å². The fourth-order valence-electron chi connectivity index (χ4n) is 4.00. The average Bonchev–Trinajstić information content (AvgIpc) is 2.79. The van der Waals surface area contributed by atoms with E-state index in [9.17, 15) is 0 Å². The Hall–Kier alpha value is -3.12. The standard InChI is InChI=1S/C23H24N4O2/c1-2-6-20-19(5-1)23(26-16-25-20)27-11-9-17(10-12-27)13-24-14-18-15-28-21-7-3-4-8-22(21)29-18/h1-8,15-17,24H,9-14H2. The molecular formula is C23H24N4O2. The predicted molar refractivity (Wildman–Crippen MR) is 113 cm³/mol. The minimum Gasteiger partial charge on any atom is -0.457 e. The monoisotopic (exact) mass is 388 g/mol. The lowest BCUT2D eigenvalue weighted by atomic mass is 9.96. The van der Waals surface area contributed by atoms with Gasteiger partial charge < -0.3 is 19.7 Å². The lowest BCUT2D eigenvalue weighted by Crippen LogP contribution is -2.38. The molecule has 0 bridgehead atoms. The first-order valence-corrected chi connectivity index (χ1v) is 10.1. The normalized spacial score (nSPS) is 16.7. The molecule has 3 aromatic rings. The van der Waals surface area contributed by atoms with Crippen LogP contribution >= 0.6 is 0 Å². The number of hydrogen-bond acceptors (Lipinski definition) is 6. The van der Waals surface area contributed by atoms with Crippen molar-refractivity contribution in [2.75, 3.05) is 31.1 Å². The van der Waals surface area contributed by atoms with Crippen LogP contribution in [0.25, 0.3) is 10.9 Å². The van der Waals surface area contributed by atoms with Gasteiger partial charge in [0.15, 0.2) is 17.3 Å². The van der Waals surface area contributed by atoms with Gasteiger partial charge in [0.05, 0.1) is 12.1 Å². The molecule has 1 saturated heterocycles. The number of benzene rings is 2. The SMILES string of the molecule is C1=C(CNCC2CCN(c3ncnc4ccccc34)CC2)Oc2ccccc2O1. The van der Waals surface area contributed by atoms with E-state index in [1.54, 1.807) is 12.6 Å². The summed E-state index contributed by atoms with van der Waals surface area (Å²) in [4.78, 5) is 11.3. The highest BCUT2D eigenvalue weighted by molar-refractivity contribution is 5.89. The number of anilines is 1. The topological polar surface area (TPSA) is 59.5 Å². The number of rotatable bonds is 5. The summed E-state index contributed by atoms with van der Waals surface area (Å²) in [5.74, 6) is 4.06. The van der Waals surface area contributed by atoms with E-state index in [1.807, 2.05) is 36.4 Å². The molecule has 1 fully saturated rings. The van der Waals surface area contributed by atoms with Crippen LogP contribution in [-0.2, 0) is 0 Å². The molecule has 0 aliphatic carbocycles. The van der Waals surface area contributed by atoms with E-state index in [1.165, 1.54) is 0 Å². The Balaban J connectivity index is 1.12. The highest BCUT2D eigenvalue weighted by Gasteiger charge is 2.22. The molecular weight excluding hydrogens is 364 g/mol. The Labute approximate surface area is 170 Å². The van der Waals surface area contributed by atoms with Crippen LogP contribution < -0.4 is 19.7 Å². The van der Waals surface area contributed by atoms with Gasteiger partial charge in [0.1, 0.15) is 18.4 Å². The first kappa shape index (κ1) is 17.9. The van der Waals surface area contributed by atoms with Crippen molar-refractivity contribution in [1.29, 1.82) is 0 Å². The van der Waals surface area contributed by atoms with Crippen molar-refractivity contribution in [2.45, 2.75) is 12.8 Å². The zero-order valence-corrected chi connectivity index (χ0v) is 16.3. The summed E-state index contributed by atoms with van der Waals surface area (Å²) in [6.07, 6.45) is 5.65. The number of nitrogens with one attached hydrogen (secondary N) is 1. The van der Waals surface area contributed by atoms with Gasteiger partial charge in [-0.25, -0.2) is 9.97 Å². The lowest BCUT2D eigenvalue weighted by molar-refractivity contribution is 0.307. The summed E-state index contributed by atoms with van der Waals surface area (Å²) in [6.45, 7) is 3.68. The van der Waals surface area contributed by atoms with E-state index in [0.717, 1.165) is 66.5 Å². The second kappa shape index (κ2) is 8.09. The number of fused-ring (bicyclic) bond motifs is 2. The molecule has 6 heteroatoms. The van der Waals surface area contributed by atoms with Crippen molar-refractivity contribution in [1.82, 2.24) is 15.3 Å². The molecule has 1 N–H and O–H groups in total. The molecule has 3 heterocycles. The molecule has 1 aromatic heterocycles. The van der Waals surface area contributed by atoms with Crippen molar-refractivity contribution in [2.24, 2.45) is 5.92 Å². The second-order valence-electron chi connectivity index (χ2n) is 7.53. The molecule has 148 valence electrons. The van der Waals surface area contributed by atoms with Crippen LogP contribution in [0.5, 0.6) is 11.5 Å². The van der Waals surface area contributed by atoms with E-state index in [2.05, 4.69) is 32.3 Å². The van der Waals surface area contributed by atoms with Crippen LogP contribution in [0.2, 0.25) is 0 Å². The van der Waals surface area contributed by atoms with E-state index < -0.39 is 0 Å². The Morgan fingerprint density at radius 2 is 1.76 bits per heavy atom. The zero-order valence-electron chi connectivity index (χ0n) is 16.3. The maximum Gasteiger partial charge on any atom is 0.169 e. The average molecular weight is 388 g/mol. The molecule has 0 amide bonds. The third-order valence-corrected chi connectivity index (χ3v) is 5.58. The highest BCUT2D eigenvalue weighted by atomic mass is 16.6. The Morgan fingerprint density at radius 3 is 2.66 bits per heavy atom. The molecule has 2 aliphatic rings. The molecule has 2 aliphatic heterocycles. The van der Waals surface area contributed by atoms with Gasteiger partial charge in [-0.2, -0.15) is 0 Å². The van der Waals surface area contributed by atoms with Crippen molar-refractivity contribution in [3.8, 4) is 11.5 Å². The summed E-state index contributed by atoms with van der Waals surface area (Å²) < 4.78 is 11.5. The third kappa shape index (κ3) is 3.89. The van der Waals surface area contributed by atoms with Gasteiger partial charge in [-0.3, -0.25) is 0 Å². The summed E-state index contributed by atoms with van der Waals surface area (Å²) in [7, 11) is 0. The van der Waals surface area contributed by atoms with E-state index in [0.29, 0.717) is 12.5 Å². The van der Waals surface area contributed by atoms with Crippen LogP contribution in [0, 0.1) is 5.92 Å². The molecule has 0 radical (unpaired) electrons. The molecule has 6 nitrogen and oxygen atoms in total. The van der Waals surface area contributed by atoms with Crippen molar-refractivity contribution < 1.29 is 9.47 Å². The fraction of sp³-hybridized carbons (Fsp3) is 0.304. The second-order valence-corrected chi connectivity index (χ2v) is 7.53. The molecule has 29 heavy (non-hydrogen) atoms. The summed E-state index contributed by atoms with van der Waals surface area (Å²) in [5, 5.41) is 4.66. The van der Waals surface area contributed by atoms with Crippen LogP contribution in [-0.4, -0.2) is 36.1 Å². The lowest BCUT2D eigenvalue weighted by Gasteiger charge is -2.33. The van der Waals surface area contributed by atoms with E-state index in [4.69, 9.17) is 9.47 Å². The third-order valence-electron chi connectivity index (χ3n) is 5.58. The quantitative estimate of drug-likeness (QED) is 0.718. The Kier molecular flexibility index (Phi) is 5.01. The summed E-state index contributed by atoms with van der Waals surface area (Å²) in [5.41, 5.74) is 1.01. The largest absolute Gasteiger partial charge is 0.457 e. The number of ether oxygens (including phenoxy) is 2. The highest BCUT2D eigenvalue weighted by Crippen LogP contribution is 2.31. The summed E-state index contributed by atoms with van der Waals surface area (Å²) in [6, 6.07) is 15.9. The van der Waals surface area contributed by atoms with Gasteiger partial charge in [-0.05, 0) is 49.6 Å². The fourth-order valence-corrected chi connectivity index (χ4v) is 4.00. The maximum atomic E-state index is 5.89. The minimum atomic E-state index is 0.650. The first-order valence-electron chi connectivity index (χ1n) is 10.1. The van der Waals surface area contributed by atoms with Gasteiger partial charge in [0.2, 0.25) is 0 Å². The van der Waals surface area contributed by atoms with Gasteiger partial charge >= 0.3 is 0 Å². The molecule has 5 rings (SSSR count). The van der Waals surface area contributed by atoms with Gasteiger partial charge in [0.25, 0.3) is 0 Å². The van der Waals surface area contributed by atoms with Gasteiger partial charge in [0, 0.05) is 18.5 Å². The number of aromatic nitrogens is 2. The van der Waals surface area contributed by atoms with Crippen molar-refractivity contribution in [3.05, 3.63) is 66.9 Å². The molecule has 0 unspecified atom stereocenters. The van der Waals surface area contributed by atoms with Gasteiger partial charge in [-0.15, -0.1) is 0 Å². The molecule has 0 saturated carbocycles. The smallest absolute Gasteiger partial charge is 0.169 e. The Morgan fingerprint density at radius 1 is 0.966 bits per heavy atom. The molecule has 0 spiro atoms. The number of para-hydroxylation sites is 3. The summed E-state index contributed by atoms with van der Waals surface area (Å²) >= 11 is 0. The number of nitrogens with zero attached hydrogens (tertiary/aromatic N) is 3. The first-order chi connectivity index (χ1) is 14.4. The van der Waals surface area contributed by atoms with Crippen LogP contribution in [0.4, 0.5) is 5.82 Å². The zero-order chi connectivity index (χ0) is 19.5. The predicted octanol–water partition coefficient (Wildman–Crippen LogP) is 3.75. The number of piperidine rings is 1. The Bertz CT molecular complexity index is 1020. The van der Waals surface area contributed by atoms with E-state index >= 15 is 0 Å². The number of hydrogen-bond donors (Lipinski definition) is 1. The van der Waals surface area contributed by atoms with Crippen LogP contribution in [0.15, 0.2) is 66.9 Å². The van der Waals surface area contributed by atoms with Crippen molar-refractivity contribution >= 4 is 16.7 Å². The van der Waals surface area contributed by atoms with E-state index in [-0.39, 0.29) is 0 Å².